The minimum absolute atomic E-state index is 0.00632. The Morgan fingerprint density at radius 2 is 1.89 bits per heavy atom. The Morgan fingerprint density at radius 1 is 1.07 bits per heavy atom. The van der Waals surface area contributed by atoms with Gasteiger partial charge in [0, 0.05) is 48.5 Å². The van der Waals surface area contributed by atoms with E-state index in [4.69, 9.17) is 18.9 Å². The summed E-state index contributed by atoms with van der Waals surface area (Å²) in [5, 5.41) is 55.1. The summed E-state index contributed by atoms with van der Waals surface area (Å²) in [5.74, 6) is -2.94. The van der Waals surface area contributed by atoms with Gasteiger partial charge in [-0.1, -0.05) is 11.6 Å². The summed E-state index contributed by atoms with van der Waals surface area (Å²) >= 11 is 0. The topological polar surface area (TPSA) is 202 Å². The smallest absolute Gasteiger partial charge is 0.375 e. The molecule has 5 N–H and O–H groups in total. The SMILES string of the molecule is CCOC(=O)C1=C(C=O)C2=C3CC(CO)C(=O)C(C3)c3cc4c(cc3CCC(CO)COc3c5c(c(CO)c(c32)O1)OC(C(C)(O)CCCCO)C5)=NCC=4. The molecule has 5 unspecified atom stereocenters. The number of nitrogens with zero attached hydrogens (tertiary/aromatic N) is 1. The van der Waals surface area contributed by atoms with Gasteiger partial charge < -0.3 is 44.5 Å². The number of aldehydes is 1. The molecule has 294 valence electrons. The van der Waals surface area contributed by atoms with Crippen molar-refractivity contribution in [3.8, 4) is 17.2 Å². The zero-order valence-corrected chi connectivity index (χ0v) is 31.3. The molecule has 13 nitrogen and oxygen atoms in total. The number of fused-ring (bicyclic) bond motifs is 7. The molecule has 13 heteroatoms. The quantitative estimate of drug-likeness (QED) is 0.126. The van der Waals surface area contributed by atoms with Gasteiger partial charge in [-0.05, 0) is 87.3 Å². The first kappa shape index (κ1) is 38.9. The largest absolute Gasteiger partial charge is 0.492 e. The van der Waals surface area contributed by atoms with Gasteiger partial charge in [-0.3, -0.25) is 14.6 Å². The van der Waals surface area contributed by atoms with Crippen LogP contribution in [0.25, 0.3) is 11.6 Å². The number of hydrogen-bond acceptors (Lipinski definition) is 13. The van der Waals surface area contributed by atoms with Crippen LogP contribution in [0.3, 0.4) is 0 Å². The molecule has 1 saturated carbocycles. The summed E-state index contributed by atoms with van der Waals surface area (Å²) in [5.41, 5.74) is 2.03. The lowest BCUT2D eigenvalue weighted by Gasteiger charge is -2.34. The van der Waals surface area contributed by atoms with Crippen LogP contribution in [-0.4, -0.2) is 94.9 Å². The summed E-state index contributed by atoms with van der Waals surface area (Å²) in [6.07, 6.45) is 4.39. The fraction of sp³-hybridized carbons (Fsp3) is 0.524. The molecule has 0 amide bonds. The van der Waals surface area contributed by atoms with Crippen LogP contribution in [0, 0.1) is 11.8 Å². The van der Waals surface area contributed by atoms with Crippen molar-refractivity contribution in [3.63, 3.8) is 0 Å². The highest BCUT2D eigenvalue weighted by molar-refractivity contribution is 6.11. The number of esters is 1. The maximum atomic E-state index is 14.3. The van der Waals surface area contributed by atoms with Crippen LogP contribution in [-0.2, 0) is 38.6 Å². The molecule has 5 atom stereocenters. The van der Waals surface area contributed by atoms with Gasteiger partial charge in [-0.15, -0.1) is 0 Å². The lowest BCUT2D eigenvalue weighted by molar-refractivity contribution is -0.141. The predicted octanol–water partition coefficient (Wildman–Crippen LogP) is 1.66. The van der Waals surface area contributed by atoms with Crippen molar-refractivity contribution in [2.24, 2.45) is 16.8 Å². The van der Waals surface area contributed by atoms with E-state index in [0.29, 0.717) is 56.1 Å². The first-order valence-corrected chi connectivity index (χ1v) is 19.2. The van der Waals surface area contributed by atoms with Crippen molar-refractivity contribution in [1.29, 1.82) is 0 Å². The van der Waals surface area contributed by atoms with Crippen LogP contribution >= 0.6 is 0 Å². The third-order valence-electron chi connectivity index (χ3n) is 11.7. The van der Waals surface area contributed by atoms with Crippen LogP contribution in [0.2, 0.25) is 0 Å². The second kappa shape index (κ2) is 16.0. The van der Waals surface area contributed by atoms with Crippen LogP contribution < -0.4 is 24.8 Å². The number of Topliss-reactive ketones (excluding diaryl/α,β-unsaturated/α-hetero) is 1. The van der Waals surface area contributed by atoms with E-state index >= 15 is 0 Å². The van der Waals surface area contributed by atoms with Gasteiger partial charge in [-0.2, -0.15) is 0 Å². The first-order chi connectivity index (χ1) is 26.6. The Bertz CT molecular complexity index is 2080. The number of aliphatic hydroxyl groups excluding tert-OH is 4. The molecule has 0 spiro atoms. The number of carbonyl (C=O) groups excluding carboxylic acids is 3. The molecule has 4 heterocycles. The molecule has 2 aromatic rings. The monoisotopic (exact) mass is 759 g/mol. The number of aryl methyl sites for hydroxylation is 1. The molecule has 7 rings (SSSR count). The molecule has 1 fully saturated rings. The number of allylic oxidation sites excluding steroid dienone is 3. The van der Waals surface area contributed by atoms with Crippen molar-refractivity contribution in [3.05, 3.63) is 67.4 Å². The van der Waals surface area contributed by atoms with E-state index in [-0.39, 0.29) is 96.9 Å². The van der Waals surface area contributed by atoms with Crippen molar-refractivity contribution in [2.75, 3.05) is 39.6 Å². The molecule has 4 aliphatic heterocycles. The summed E-state index contributed by atoms with van der Waals surface area (Å²) in [6.45, 7) is 2.48. The number of ketones is 1. The van der Waals surface area contributed by atoms with Crippen LogP contribution in [0.4, 0.5) is 0 Å². The van der Waals surface area contributed by atoms with Crippen molar-refractivity contribution < 1.29 is 58.9 Å². The van der Waals surface area contributed by atoms with Gasteiger partial charge in [0.1, 0.15) is 29.1 Å². The maximum absolute atomic E-state index is 14.3. The van der Waals surface area contributed by atoms with Crippen molar-refractivity contribution >= 4 is 29.7 Å². The highest BCUT2D eigenvalue weighted by Gasteiger charge is 2.47. The number of benzene rings is 2. The van der Waals surface area contributed by atoms with E-state index in [0.717, 1.165) is 21.7 Å². The van der Waals surface area contributed by atoms with E-state index in [1.807, 2.05) is 18.2 Å². The fourth-order valence-corrected chi connectivity index (χ4v) is 8.74. The third-order valence-corrected chi connectivity index (χ3v) is 11.7. The third kappa shape index (κ3) is 7.01. The highest BCUT2D eigenvalue weighted by Crippen LogP contribution is 2.57. The maximum Gasteiger partial charge on any atom is 0.375 e. The number of aliphatic hydroxyl groups is 5. The van der Waals surface area contributed by atoms with Crippen molar-refractivity contribution in [2.45, 2.75) is 89.4 Å². The zero-order valence-electron chi connectivity index (χ0n) is 31.3. The lowest BCUT2D eigenvalue weighted by Crippen LogP contribution is -2.42. The first-order valence-electron chi connectivity index (χ1n) is 19.2. The number of carbonyl (C=O) groups is 3. The average Bonchev–Trinajstić information content (AvgIpc) is 3.84. The second-order valence-electron chi connectivity index (χ2n) is 15.3. The van der Waals surface area contributed by atoms with Gasteiger partial charge in [0.2, 0.25) is 5.76 Å². The van der Waals surface area contributed by atoms with Gasteiger partial charge in [0.15, 0.2) is 6.29 Å². The second-order valence-corrected chi connectivity index (χ2v) is 15.3. The Morgan fingerprint density at radius 3 is 2.60 bits per heavy atom. The van der Waals surface area contributed by atoms with Crippen LogP contribution in [0.1, 0.15) is 86.1 Å². The van der Waals surface area contributed by atoms with E-state index in [1.54, 1.807) is 13.8 Å². The van der Waals surface area contributed by atoms with E-state index in [1.165, 1.54) is 0 Å². The molecular weight excluding hydrogens is 710 g/mol. The minimum atomic E-state index is -1.36. The summed E-state index contributed by atoms with van der Waals surface area (Å²) in [4.78, 5) is 45.8. The van der Waals surface area contributed by atoms with Crippen LogP contribution in [0.15, 0.2) is 34.0 Å². The number of hydrogen-bond donors (Lipinski definition) is 5. The summed E-state index contributed by atoms with van der Waals surface area (Å²) in [7, 11) is 0. The summed E-state index contributed by atoms with van der Waals surface area (Å²) < 4.78 is 24.9. The molecule has 0 radical (unpaired) electrons. The minimum Gasteiger partial charge on any atom is -0.492 e. The van der Waals surface area contributed by atoms with Crippen molar-refractivity contribution in [1.82, 2.24) is 0 Å². The Hall–Kier alpha value is -4.40. The normalized spacial score (nSPS) is 23.8. The van der Waals surface area contributed by atoms with E-state index < -0.39 is 48.5 Å². The van der Waals surface area contributed by atoms with E-state index in [9.17, 15) is 39.9 Å². The predicted molar refractivity (Wildman–Crippen MR) is 198 cm³/mol. The number of unbranched alkanes of at least 4 members (excludes halogenated alkanes) is 1. The molecule has 0 saturated heterocycles. The van der Waals surface area contributed by atoms with Gasteiger partial charge >= 0.3 is 5.97 Å². The zero-order chi connectivity index (χ0) is 39.0. The lowest BCUT2D eigenvalue weighted by atomic mass is 9.70. The molecule has 55 heavy (non-hydrogen) atoms. The molecule has 2 aromatic carbocycles. The summed E-state index contributed by atoms with van der Waals surface area (Å²) in [6, 6.07) is 3.98. The number of rotatable bonds is 11. The van der Waals surface area contributed by atoms with Crippen LogP contribution in [0.5, 0.6) is 17.2 Å². The number of ether oxygens (including phenoxy) is 4. The molecule has 0 aromatic heterocycles. The average molecular weight is 760 g/mol. The van der Waals surface area contributed by atoms with Gasteiger partial charge in [0.05, 0.1) is 60.6 Å². The standard InChI is InChI=1S/C42H49NO12/c1-3-52-41(50)40-30(19-47)34-25-12-26(18-46)36(49)28(14-25)27-13-24-8-10-43-32(24)15-23(27)7-6-22(17-45)21-53-38-29-16-33(42(2,51)9-4-5-11-44)54-37(29)31(20-48)39(55-40)35(34)38/h8,13,15,19,22,26,28,33,44-46,48,51H,3-7,9-12,14,16-18,20-21H2,1-2H3. The Kier molecular flexibility index (Phi) is 11.3. The van der Waals surface area contributed by atoms with E-state index in [2.05, 4.69) is 4.99 Å². The van der Waals surface area contributed by atoms with Gasteiger partial charge in [-0.25, -0.2) is 4.79 Å². The molecule has 5 aliphatic rings. The molecular formula is C42H49NO12. The fourth-order valence-electron chi connectivity index (χ4n) is 8.74. The Labute approximate surface area is 318 Å². The Balaban J connectivity index is 1.52. The van der Waals surface area contributed by atoms with Gasteiger partial charge in [0.25, 0.3) is 0 Å². The highest BCUT2D eigenvalue weighted by atomic mass is 16.6. The molecule has 1 aliphatic carbocycles. The molecule has 2 bridgehead atoms.